The summed E-state index contributed by atoms with van der Waals surface area (Å²) in [5.74, 6) is -1.66. The second-order valence-corrected chi connectivity index (χ2v) is 3.84. The summed E-state index contributed by atoms with van der Waals surface area (Å²) < 4.78 is 12.9. The minimum absolute atomic E-state index is 0.266. The normalized spacial score (nSPS) is 14.6. The highest BCUT2D eigenvalue weighted by Gasteiger charge is 2.26. The van der Waals surface area contributed by atoms with Crippen molar-refractivity contribution >= 4 is 17.7 Å². The standard InChI is InChI=1S/C10H11FO3S/c1-15-7-4-2-6(3-5-7)9(12)8(11)10(13)14/h2-5,8-9,12H,1H3,(H,13,14). The monoisotopic (exact) mass is 230 g/mol. The molecule has 1 rings (SSSR count). The molecule has 0 saturated carbocycles. The number of carboxylic acids is 1. The maximum atomic E-state index is 12.9. The first-order valence-corrected chi connectivity index (χ1v) is 5.47. The molecule has 0 aromatic heterocycles. The summed E-state index contributed by atoms with van der Waals surface area (Å²) in [5.41, 5.74) is 0.266. The van der Waals surface area contributed by atoms with E-state index in [0.717, 1.165) is 4.90 Å². The van der Waals surface area contributed by atoms with Crippen molar-refractivity contribution in [1.82, 2.24) is 0 Å². The molecule has 0 amide bonds. The Kier molecular flexibility index (Phi) is 4.11. The number of halogens is 1. The van der Waals surface area contributed by atoms with Crippen LogP contribution in [0.15, 0.2) is 29.2 Å². The van der Waals surface area contributed by atoms with Gasteiger partial charge in [0.1, 0.15) is 6.10 Å². The van der Waals surface area contributed by atoms with Gasteiger partial charge < -0.3 is 10.2 Å². The maximum absolute atomic E-state index is 12.9. The quantitative estimate of drug-likeness (QED) is 0.775. The Hall–Kier alpha value is -1.07. The zero-order valence-electron chi connectivity index (χ0n) is 8.05. The SMILES string of the molecule is CSc1ccc(C(O)C(F)C(=O)O)cc1. The number of alkyl halides is 1. The van der Waals surface area contributed by atoms with E-state index in [1.807, 2.05) is 6.26 Å². The number of thioether (sulfide) groups is 1. The Morgan fingerprint density at radius 1 is 1.40 bits per heavy atom. The van der Waals surface area contributed by atoms with Crippen LogP contribution >= 0.6 is 11.8 Å². The van der Waals surface area contributed by atoms with Gasteiger partial charge >= 0.3 is 5.97 Å². The van der Waals surface area contributed by atoms with Crippen LogP contribution in [-0.4, -0.2) is 28.6 Å². The van der Waals surface area contributed by atoms with Crippen LogP contribution in [0.3, 0.4) is 0 Å². The minimum Gasteiger partial charge on any atom is -0.479 e. The Bertz CT molecular complexity index is 339. The molecule has 0 spiro atoms. The molecule has 15 heavy (non-hydrogen) atoms. The molecule has 2 N–H and O–H groups in total. The van der Waals surface area contributed by atoms with Crippen LogP contribution in [0.2, 0.25) is 0 Å². The lowest BCUT2D eigenvalue weighted by molar-refractivity contribution is -0.147. The van der Waals surface area contributed by atoms with Crippen LogP contribution in [0.5, 0.6) is 0 Å². The lowest BCUT2D eigenvalue weighted by Gasteiger charge is -2.12. The zero-order valence-corrected chi connectivity index (χ0v) is 8.87. The highest BCUT2D eigenvalue weighted by Crippen LogP contribution is 2.22. The van der Waals surface area contributed by atoms with E-state index in [1.165, 1.54) is 23.9 Å². The van der Waals surface area contributed by atoms with E-state index in [2.05, 4.69) is 0 Å². The number of benzene rings is 1. The summed E-state index contributed by atoms with van der Waals surface area (Å²) in [4.78, 5) is 11.3. The van der Waals surface area contributed by atoms with Gasteiger partial charge in [0.15, 0.2) is 0 Å². The van der Waals surface area contributed by atoms with Crippen molar-refractivity contribution in [3.05, 3.63) is 29.8 Å². The van der Waals surface area contributed by atoms with Gasteiger partial charge in [0.25, 0.3) is 0 Å². The molecule has 0 aliphatic heterocycles. The minimum atomic E-state index is -2.29. The van der Waals surface area contributed by atoms with Crippen LogP contribution < -0.4 is 0 Å². The fourth-order valence-electron chi connectivity index (χ4n) is 1.11. The average molecular weight is 230 g/mol. The average Bonchev–Trinajstić information content (AvgIpc) is 2.27. The molecule has 5 heteroatoms. The van der Waals surface area contributed by atoms with Gasteiger partial charge in [-0.15, -0.1) is 11.8 Å². The molecular formula is C10H11FO3S. The zero-order chi connectivity index (χ0) is 11.4. The Labute approximate surface area is 90.9 Å². The highest BCUT2D eigenvalue weighted by molar-refractivity contribution is 7.98. The van der Waals surface area contributed by atoms with Gasteiger partial charge in [0, 0.05) is 4.90 Å². The molecule has 0 aliphatic carbocycles. The molecule has 1 aromatic carbocycles. The molecule has 0 heterocycles. The second-order valence-electron chi connectivity index (χ2n) is 2.96. The Balaban J connectivity index is 2.82. The molecule has 0 aliphatic rings. The van der Waals surface area contributed by atoms with E-state index in [9.17, 15) is 14.3 Å². The number of carbonyl (C=O) groups is 1. The summed E-state index contributed by atoms with van der Waals surface area (Å²) in [6.07, 6.45) is -2.01. The molecule has 1 aromatic rings. The maximum Gasteiger partial charge on any atom is 0.341 e. The van der Waals surface area contributed by atoms with Crippen LogP contribution in [0.25, 0.3) is 0 Å². The molecular weight excluding hydrogens is 219 g/mol. The van der Waals surface area contributed by atoms with E-state index in [0.29, 0.717) is 0 Å². The van der Waals surface area contributed by atoms with Gasteiger partial charge in [-0.2, -0.15) is 0 Å². The number of hydrogen-bond donors (Lipinski definition) is 2. The summed E-state index contributed by atoms with van der Waals surface area (Å²) in [7, 11) is 0. The van der Waals surface area contributed by atoms with Crippen molar-refractivity contribution in [3.8, 4) is 0 Å². The molecule has 0 fully saturated rings. The fraction of sp³-hybridized carbons (Fsp3) is 0.300. The molecule has 0 bridgehead atoms. The number of aliphatic hydroxyl groups excluding tert-OH is 1. The van der Waals surface area contributed by atoms with Crippen LogP contribution in [0.1, 0.15) is 11.7 Å². The predicted molar refractivity (Wildman–Crippen MR) is 55.7 cm³/mol. The number of rotatable bonds is 4. The first-order valence-electron chi connectivity index (χ1n) is 4.25. The number of aliphatic hydroxyl groups is 1. The highest BCUT2D eigenvalue weighted by atomic mass is 32.2. The Morgan fingerprint density at radius 2 is 1.93 bits per heavy atom. The van der Waals surface area contributed by atoms with Gasteiger partial charge in [-0.3, -0.25) is 0 Å². The van der Waals surface area contributed by atoms with E-state index in [4.69, 9.17) is 5.11 Å². The van der Waals surface area contributed by atoms with Crippen molar-refractivity contribution in [2.24, 2.45) is 0 Å². The molecule has 82 valence electrons. The predicted octanol–water partition coefficient (Wildman–Crippen LogP) is 1.86. The number of carboxylic acid groups (broad SMARTS) is 1. The number of aliphatic carboxylic acids is 1. The first kappa shape index (κ1) is 12.0. The van der Waals surface area contributed by atoms with E-state index in [-0.39, 0.29) is 5.56 Å². The third-order valence-corrected chi connectivity index (χ3v) is 2.71. The Morgan fingerprint density at radius 3 is 2.33 bits per heavy atom. The van der Waals surface area contributed by atoms with Crippen LogP contribution in [0, 0.1) is 0 Å². The van der Waals surface area contributed by atoms with E-state index >= 15 is 0 Å². The summed E-state index contributed by atoms with van der Waals surface area (Å²) in [6, 6.07) is 6.45. The van der Waals surface area contributed by atoms with Crippen LogP contribution in [0.4, 0.5) is 4.39 Å². The second kappa shape index (κ2) is 5.14. The van der Waals surface area contributed by atoms with Crippen molar-refractivity contribution in [2.75, 3.05) is 6.26 Å². The molecule has 0 radical (unpaired) electrons. The smallest absolute Gasteiger partial charge is 0.341 e. The molecule has 2 unspecified atom stereocenters. The van der Waals surface area contributed by atoms with Gasteiger partial charge in [0.2, 0.25) is 6.17 Å². The summed E-state index contributed by atoms with van der Waals surface area (Å²) in [5, 5.41) is 17.7. The van der Waals surface area contributed by atoms with Crippen molar-refractivity contribution in [2.45, 2.75) is 17.2 Å². The van der Waals surface area contributed by atoms with Crippen molar-refractivity contribution in [1.29, 1.82) is 0 Å². The van der Waals surface area contributed by atoms with Gasteiger partial charge in [-0.25, -0.2) is 9.18 Å². The van der Waals surface area contributed by atoms with E-state index < -0.39 is 18.2 Å². The largest absolute Gasteiger partial charge is 0.479 e. The summed E-state index contributed by atoms with van der Waals surface area (Å²) >= 11 is 1.51. The molecule has 3 nitrogen and oxygen atoms in total. The molecule has 2 atom stereocenters. The van der Waals surface area contributed by atoms with Gasteiger partial charge in [0.05, 0.1) is 0 Å². The van der Waals surface area contributed by atoms with Gasteiger partial charge in [-0.1, -0.05) is 12.1 Å². The van der Waals surface area contributed by atoms with Crippen LogP contribution in [-0.2, 0) is 4.79 Å². The third kappa shape index (κ3) is 2.94. The fourth-order valence-corrected chi connectivity index (χ4v) is 1.51. The third-order valence-electron chi connectivity index (χ3n) is 1.97. The lowest BCUT2D eigenvalue weighted by Crippen LogP contribution is -2.23. The first-order chi connectivity index (χ1) is 7.06. The topological polar surface area (TPSA) is 57.5 Å². The lowest BCUT2D eigenvalue weighted by atomic mass is 10.1. The molecule has 0 saturated heterocycles. The van der Waals surface area contributed by atoms with Crippen molar-refractivity contribution in [3.63, 3.8) is 0 Å². The summed E-state index contributed by atoms with van der Waals surface area (Å²) in [6.45, 7) is 0. The number of hydrogen-bond acceptors (Lipinski definition) is 3. The van der Waals surface area contributed by atoms with Gasteiger partial charge in [-0.05, 0) is 24.0 Å². The van der Waals surface area contributed by atoms with Crippen molar-refractivity contribution < 1.29 is 19.4 Å². The van der Waals surface area contributed by atoms with E-state index in [1.54, 1.807) is 12.1 Å².